The summed E-state index contributed by atoms with van der Waals surface area (Å²) >= 11 is 0. The average molecular weight is 476 g/mol. The average Bonchev–Trinajstić information content (AvgIpc) is 3.19. The van der Waals surface area contributed by atoms with Crippen LogP contribution in [-0.2, 0) is 9.53 Å². The Bertz CT molecular complexity index is 795. The standard InChI is InChI=1S/C27H42FN3O3/c1-5-7-18-34-27(33)30-20(3)8-11-26(30)19-23(6-2)29-16-14-25(15-17-29)31(21(4)32)24-12-9-22(28)10-13-24/h9-10,12-13,20,23,25-26H,5-8,11,14-19H2,1-4H3. The van der Waals surface area contributed by atoms with Crippen molar-refractivity contribution in [2.45, 2.75) is 103 Å². The molecule has 0 aromatic heterocycles. The highest BCUT2D eigenvalue weighted by Crippen LogP contribution is 2.31. The topological polar surface area (TPSA) is 53.1 Å². The van der Waals surface area contributed by atoms with Gasteiger partial charge in [-0.2, -0.15) is 0 Å². The van der Waals surface area contributed by atoms with Gasteiger partial charge in [0.1, 0.15) is 5.82 Å². The minimum absolute atomic E-state index is 0.00531. The summed E-state index contributed by atoms with van der Waals surface area (Å²) in [7, 11) is 0. The molecule has 0 bridgehead atoms. The maximum Gasteiger partial charge on any atom is 0.410 e. The summed E-state index contributed by atoms with van der Waals surface area (Å²) in [6, 6.07) is 7.17. The third-order valence-corrected chi connectivity index (χ3v) is 7.56. The molecule has 34 heavy (non-hydrogen) atoms. The molecule has 2 fully saturated rings. The van der Waals surface area contributed by atoms with Crippen molar-refractivity contribution >= 4 is 17.7 Å². The quantitative estimate of drug-likeness (QED) is 0.436. The molecule has 0 N–H and O–H groups in total. The van der Waals surface area contributed by atoms with Gasteiger partial charge >= 0.3 is 6.09 Å². The molecule has 0 aliphatic carbocycles. The molecule has 3 rings (SSSR count). The van der Waals surface area contributed by atoms with Crippen LogP contribution in [0.5, 0.6) is 0 Å². The second kappa shape index (κ2) is 12.5. The zero-order chi connectivity index (χ0) is 24.7. The molecule has 6 nitrogen and oxygen atoms in total. The summed E-state index contributed by atoms with van der Waals surface area (Å²) < 4.78 is 18.9. The van der Waals surface area contributed by atoms with Crippen molar-refractivity contribution in [2.75, 3.05) is 24.6 Å². The molecule has 1 aromatic carbocycles. The number of anilines is 1. The fraction of sp³-hybridized carbons (Fsp3) is 0.704. The number of unbranched alkanes of at least 4 members (excludes halogenated alkanes) is 1. The summed E-state index contributed by atoms with van der Waals surface area (Å²) in [5.41, 5.74) is 0.761. The first-order chi connectivity index (χ1) is 16.3. The van der Waals surface area contributed by atoms with Crippen molar-refractivity contribution in [3.05, 3.63) is 30.1 Å². The number of halogens is 1. The fourth-order valence-electron chi connectivity index (χ4n) is 5.66. The number of likely N-dealkylation sites (tertiary alicyclic amines) is 2. The van der Waals surface area contributed by atoms with E-state index in [4.69, 9.17) is 4.74 Å². The van der Waals surface area contributed by atoms with Crippen LogP contribution in [0.4, 0.5) is 14.9 Å². The molecule has 3 atom stereocenters. The van der Waals surface area contributed by atoms with Gasteiger partial charge in [-0.1, -0.05) is 20.3 Å². The second-order valence-corrected chi connectivity index (χ2v) is 9.89. The molecule has 2 heterocycles. The highest BCUT2D eigenvalue weighted by molar-refractivity contribution is 5.92. The molecule has 1 aromatic rings. The molecule has 2 aliphatic heterocycles. The lowest BCUT2D eigenvalue weighted by atomic mass is 9.96. The summed E-state index contributed by atoms with van der Waals surface area (Å²) in [6.45, 7) is 10.4. The molecule has 0 saturated carbocycles. The molecular formula is C27H42FN3O3. The normalized spacial score (nSPS) is 22.6. The van der Waals surface area contributed by atoms with Crippen LogP contribution < -0.4 is 4.90 Å². The molecule has 7 heteroatoms. The van der Waals surface area contributed by atoms with Gasteiger partial charge in [-0.25, -0.2) is 9.18 Å². The fourth-order valence-corrected chi connectivity index (χ4v) is 5.66. The number of ether oxygens (including phenoxy) is 1. The lowest BCUT2D eigenvalue weighted by molar-refractivity contribution is -0.117. The predicted octanol–water partition coefficient (Wildman–Crippen LogP) is 5.60. The molecule has 2 saturated heterocycles. The van der Waals surface area contributed by atoms with Crippen molar-refractivity contribution in [1.29, 1.82) is 0 Å². The van der Waals surface area contributed by atoms with Crippen LogP contribution in [0.3, 0.4) is 0 Å². The van der Waals surface area contributed by atoms with E-state index in [1.54, 1.807) is 19.1 Å². The Kier molecular flexibility index (Phi) is 9.74. The minimum atomic E-state index is -0.294. The van der Waals surface area contributed by atoms with Crippen LogP contribution in [0.15, 0.2) is 24.3 Å². The first-order valence-electron chi connectivity index (χ1n) is 13.1. The number of nitrogens with zero attached hydrogens (tertiary/aromatic N) is 3. The van der Waals surface area contributed by atoms with E-state index in [1.807, 2.05) is 9.80 Å². The Morgan fingerprint density at radius 2 is 1.79 bits per heavy atom. The predicted molar refractivity (Wildman–Crippen MR) is 133 cm³/mol. The van der Waals surface area contributed by atoms with Gasteiger partial charge in [0, 0.05) is 49.9 Å². The number of piperidine rings is 1. The zero-order valence-electron chi connectivity index (χ0n) is 21.3. The molecule has 2 aliphatic rings. The number of benzene rings is 1. The van der Waals surface area contributed by atoms with E-state index in [9.17, 15) is 14.0 Å². The van der Waals surface area contributed by atoms with Crippen LogP contribution in [-0.4, -0.2) is 65.7 Å². The highest BCUT2D eigenvalue weighted by Gasteiger charge is 2.38. The van der Waals surface area contributed by atoms with Crippen LogP contribution in [0.1, 0.15) is 79.1 Å². The van der Waals surface area contributed by atoms with Gasteiger partial charge in [0.2, 0.25) is 5.91 Å². The number of rotatable bonds is 9. The number of amides is 2. The summed E-state index contributed by atoms with van der Waals surface area (Å²) in [5.74, 6) is -0.299. The first-order valence-corrected chi connectivity index (χ1v) is 13.1. The number of carbonyl (C=O) groups excluding carboxylic acids is 2. The molecule has 2 amide bonds. The minimum Gasteiger partial charge on any atom is -0.449 e. The van der Waals surface area contributed by atoms with Gasteiger partial charge in [-0.15, -0.1) is 0 Å². The lowest BCUT2D eigenvalue weighted by Gasteiger charge is -2.42. The summed E-state index contributed by atoms with van der Waals surface area (Å²) in [5, 5.41) is 0. The maximum atomic E-state index is 13.4. The monoisotopic (exact) mass is 475 g/mol. The van der Waals surface area contributed by atoms with Gasteiger partial charge in [0.25, 0.3) is 0 Å². The molecule has 190 valence electrons. The van der Waals surface area contributed by atoms with Gasteiger partial charge in [-0.3, -0.25) is 4.79 Å². The smallest absolute Gasteiger partial charge is 0.410 e. The van der Waals surface area contributed by atoms with Crippen LogP contribution in [0.25, 0.3) is 0 Å². The third kappa shape index (κ3) is 6.49. The van der Waals surface area contributed by atoms with Crippen LogP contribution in [0.2, 0.25) is 0 Å². The third-order valence-electron chi connectivity index (χ3n) is 7.56. The van der Waals surface area contributed by atoms with E-state index >= 15 is 0 Å². The van der Waals surface area contributed by atoms with E-state index in [0.29, 0.717) is 12.6 Å². The number of hydrogen-bond donors (Lipinski definition) is 0. The van der Waals surface area contributed by atoms with Gasteiger partial charge in [-0.05, 0) is 76.1 Å². The van der Waals surface area contributed by atoms with Crippen LogP contribution >= 0.6 is 0 Å². The van der Waals surface area contributed by atoms with E-state index in [1.165, 1.54) is 12.1 Å². The SMILES string of the molecule is CCCCOC(=O)N1C(C)CCC1CC(CC)N1CCC(N(C(C)=O)c2ccc(F)cc2)CC1. The largest absolute Gasteiger partial charge is 0.449 e. The maximum absolute atomic E-state index is 13.4. The Morgan fingerprint density at radius 1 is 1.12 bits per heavy atom. The summed E-state index contributed by atoms with van der Waals surface area (Å²) in [6.07, 6.45) is 7.58. The molecule has 0 spiro atoms. The second-order valence-electron chi connectivity index (χ2n) is 9.89. The Hall–Kier alpha value is -2.15. The molecular weight excluding hydrogens is 433 g/mol. The van der Waals surface area contributed by atoms with Crippen LogP contribution in [0, 0.1) is 5.82 Å². The van der Waals surface area contributed by atoms with Crippen molar-refractivity contribution < 1.29 is 18.7 Å². The molecule has 3 unspecified atom stereocenters. The van der Waals surface area contributed by atoms with Gasteiger partial charge in [0.05, 0.1) is 6.61 Å². The van der Waals surface area contributed by atoms with Crippen molar-refractivity contribution in [3.8, 4) is 0 Å². The van der Waals surface area contributed by atoms with Crippen molar-refractivity contribution in [1.82, 2.24) is 9.80 Å². The summed E-state index contributed by atoms with van der Waals surface area (Å²) in [4.78, 5) is 31.5. The first kappa shape index (κ1) is 26.5. The zero-order valence-corrected chi connectivity index (χ0v) is 21.3. The number of carbonyl (C=O) groups is 2. The lowest BCUT2D eigenvalue weighted by Crippen LogP contribution is -2.51. The van der Waals surface area contributed by atoms with E-state index in [2.05, 4.69) is 25.7 Å². The molecule has 0 radical (unpaired) electrons. The van der Waals surface area contributed by atoms with Gasteiger partial charge in [0.15, 0.2) is 0 Å². The van der Waals surface area contributed by atoms with E-state index in [-0.39, 0.29) is 35.9 Å². The van der Waals surface area contributed by atoms with Crippen molar-refractivity contribution in [2.24, 2.45) is 0 Å². The number of hydrogen-bond acceptors (Lipinski definition) is 4. The van der Waals surface area contributed by atoms with Crippen molar-refractivity contribution in [3.63, 3.8) is 0 Å². The Labute approximate surface area is 204 Å². The van der Waals surface area contributed by atoms with E-state index < -0.39 is 0 Å². The van der Waals surface area contributed by atoms with E-state index in [0.717, 1.165) is 70.1 Å². The Balaban J connectivity index is 1.59. The van der Waals surface area contributed by atoms with Gasteiger partial charge < -0.3 is 19.4 Å². The highest BCUT2D eigenvalue weighted by atomic mass is 19.1. The Morgan fingerprint density at radius 3 is 2.38 bits per heavy atom.